The summed E-state index contributed by atoms with van der Waals surface area (Å²) in [5.41, 5.74) is 2.27. The van der Waals surface area contributed by atoms with Crippen molar-refractivity contribution in [1.29, 1.82) is 0 Å². The Balaban J connectivity index is 2.33. The van der Waals surface area contributed by atoms with E-state index in [2.05, 4.69) is 50.3 Å². The van der Waals surface area contributed by atoms with E-state index >= 15 is 0 Å². The minimum Gasteiger partial charge on any atom is -0.496 e. The van der Waals surface area contributed by atoms with E-state index in [9.17, 15) is 0 Å². The van der Waals surface area contributed by atoms with Gasteiger partial charge in [-0.15, -0.1) is 11.3 Å². The number of rotatable bonds is 7. The Morgan fingerprint density at radius 2 is 2.24 bits per heavy atom. The van der Waals surface area contributed by atoms with Crippen LogP contribution in [0.15, 0.2) is 15.9 Å². The average molecular weight is 372 g/mol. The van der Waals surface area contributed by atoms with Gasteiger partial charge in [-0.25, -0.2) is 0 Å². The molecule has 0 aromatic carbocycles. The van der Waals surface area contributed by atoms with Crippen molar-refractivity contribution >= 4 is 27.3 Å². The summed E-state index contributed by atoms with van der Waals surface area (Å²) in [5.74, 6) is 0.960. The van der Waals surface area contributed by atoms with Gasteiger partial charge in [0.1, 0.15) is 5.75 Å². The molecule has 0 aliphatic heterocycles. The van der Waals surface area contributed by atoms with Crippen LogP contribution in [-0.4, -0.2) is 23.4 Å². The van der Waals surface area contributed by atoms with Gasteiger partial charge >= 0.3 is 0 Å². The van der Waals surface area contributed by atoms with E-state index in [4.69, 9.17) is 4.74 Å². The van der Waals surface area contributed by atoms with Gasteiger partial charge in [0.15, 0.2) is 0 Å². The van der Waals surface area contributed by atoms with Crippen molar-refractivity contribution < 1.29 is 4.74 Å². The standard InChI is InChI=1S/C15H22BrN3OS/c1-5-17-11(15-13(20-4)7-8-21-15)9-12-14(16)10(3)18-19(12)6-2/h7-8,11,17H,5-6,9H2,1-4H3. The van der Waals surface area contributed by atoms with Gasteiger partial charge in [0.05, 0.1) is 33.9 Å². The number of methoxy groups -OCH3 is 1. The maximum absolute atomic E-state index is 5.48. The third-order valence-electron chi connectivity index (χ3n) is 3.49. The Kier molecular flexibility index (Phi) is 5.84. The maximum atomic E-state index is 5.48. The van der Waals surface area contributed by atoms with Crippen molar-refractivity contribution in [3.05, 3.63) is 32.2 Å². The van der Waals surface area contributed by atoms with E-state index in [0.717, 1.165) is 35.4 Å². The number of thiophene rings is 1. The first kappa shape index (κ1) is 16.5. The summed E-state index contributed by atoms with van der Waals surface area (Å²) >= 11 is 5.42. The van der Waals surface area contributed by atoms with Gasteiger partial charge in [0.25, 0.3) is 0 Å². The molecular formula is C15H22BrN3OS. The van der Waals surface area contributed by atoms with Gasteiger partial charge in [-0.3, -0.25) is 4.68 Å². The quantitative estimate of drug-likeness (QED) is 0.800. The fraction of sp³-hybridized carbons (Fsp3) is 0.533. The van der Waals surface area contributed by atoms with Crippen molar-refractivity contribution in [3.63, 3.8) is 0 Å². The number of nitrogens with one attached hydrogen (secondary N) is 1. The number of ether oxygens (including phenoxy) is 1. The van der Waals surface area contributed by atoms with Gasteiger partial charge in [-0.1, -0.05) is 6.92 Å². The smallest absolute Gasteiger partial charge is 0.134 e. The van der Waals surface area contributed by atoms with Crippen molar-refractivity contribution in [2.45, 2.75) is 39.8 Å². The molecule has 0 spiro atoms. The highest BCUT2D eigenvalue weighted by Crippen LogP contribution is 2.34. The minimum atomic E-state index is 0.239. The topological polar surface area (TPSA) is 39.1 Å². The first-order valence-corrected chi connectivity index (χ1v) is 8.86. The van der Waals surface area contributed by atoms with Crippen LogP contribution < -0.4 is 10.1 Å². The van der Waals surface area contributed by atoms with Gasteiger partial charge in [-0.2, -0.15) is 5.10 Å². The summed E-state index contributed by atoms with van der Waals surface area (Å²) in [6.45, 7) is 8.08. The second-order valence-corrected chi connectivity index (χ2v) is 6.57. The first-order valence-electron chi connectivity index (χ1n) is 7.18. The molecule has 2 heterocycles. The lowest BCUT2D eigenvalue weighted by molar-refractivity contribution is 0.402. The van der Waals surface area contributed by atoms with Crippen LogP contribution in [0, 0.1) is 6.92 Å². The molecule has 0 radical (unpaired) electrons. The molecule has 6 heteroatoms. The Bertz CT molecular complexity index is 594. The predicted octanol–water partition coefficient (Wildman–Crippen LogP) is 3.94. The van der Waals surface area contributed by atoms with E-state index < -0.39 is 0 Å². The second-order valence-electron chi connectivity index (χ2n) is 4.83. The average Bonchev–Trinajstić information content (AvgIpc) is 3.06. The second kappa shape index (κ2) is 7.42. The van der Waals surface area contributed by atoms with Crippen LogP contribution in [-0.2, 0) is 13.0 Å². The zero-order chi connectivity index (χ0) is 15.4. The molecule has 1 unspecified atom stereocenters. The Hall–Kier alpha value is -0.850. The van der Waals surface area contributed by atoms with Crippen LogP contribution in [0.25, 0.3) is 0 Å². The molecule has 0 saturated carbocycles. The molecule has 2 rings (SSSR count). The summed E-state index contributed by atoms with van der Waals surface area (Å²) in [7, 11) is 1.73. The van der Waals surface area contributed by atoms with Crippen LogP contribution >= 0.6 is 27.3 Å². The fourth-order valence-electron chi connectivity index (χ4n) is 2.49. The van der Waals surface area contributed by atoms with Crippen molar-refractivity contribution in [2.24, 2.45) is 0 Å². The molecule has 1 N–H and O–H groups in total. The van der Waals surface area contributed by atoms with Crippen LogP contribution in [0.5, 0.6) is 5.75 Å². The number of hydrogen-bond acceptors (Lipinski definition) is 4. The largest absolute Gasteiger partial charge is 0.496 e. The zero-order valence-electron chi connectivity index (χ0n) is 12.9. The summed E-state index contributed by atoms with van der Waals surface area (Å²) in [4.78, 5) is 1.24. The number of hydrogen-bond donors (Lipinski definition) is 1. The molecule has 116 valence electrons. The van der Waals surface area contributed by atoms with Gasteiger partial charge in [-0.05, 0) is 47.8 Å². The van der Waals surface area contributed by atoms with Crippen LogP contribution in [0.3, 0.4) is 0 Å². The highest BCUT2D eigenvalue weighted by molar-refractivity contribution is 9.10. The van der Waals surface area contributed by atoms with Crippen LogP contribution in [0.4, 0.5) is 0 Å². The maximum Gasteiger partial charge on any atom is 0.134 e. The zero-order valence-corrected chi connectivity index (χ0v) is 15.3. The minimum absolute atomic E-state index is 0.239. The Labute approximate surface area is 138 Å². The molecule has 0 fully saturated rings. The first-order chi connectivity index (χ1) is 10.1. The van der Waals surface area contributed by atoms with Crippen LogP contribution in [0.1, 0.15) is 36.2 Å². The lowest BCUT2D eigenvalue weighted by atomic mass is 10.1. The van der Waals surface area contributed by atoms with Gasteiger partial charge < -0.3 is 10.1 Å². The van der Waals surface area contributed by atoms with Crippen molar-refractivity contribution in [3.8, 4) is 5.75 Å². The molecule has 0 bridgehead atoms. The molecular weight excluding hydrogens is 350 g/mol. The molecule has 2 aromatic rings. The highest BCUT2D eigenvalue weighted by Gasteiger charge is 2.22. The van der Waals surface area contributed by atoms with Crippen molar-refractivity contribution in [2.75, 3.05) is 13.7 Å². The van der Waals surface area contributed by atoms with Gasteiger partial charge in [0, 0.05) is 13.0 Å². The highest BCUT2D eigenvalue weighted by atomic mass is 79.9. The molecule has 0 saturated heterocycles. The predicted molar refractivity (Wildman–Crippen MR) is 91.3 cm³/mol. The van der Waals surface area contributed by atoms with E-state index in [1.807, 2.05) is 13.0 Å². The molecule has 2 aromatic heterocycles. The molecule has 0 aliphatic carbocycles. The number of likely N-dealkylation sites (N-methyl/N-ethyl adjacent to an activating group) is 1. The third kappa shape index (κ3) is 3.49. The van der Waals surface area contributed by atoms with E-state index in [0.29, 0.717) is 0 Å². The SMILES string of the molecule is CCNC(Cc1c(Br)c(C)nn1CC)c1sccc1OC. The monoisotopic (exact) mass is 371 g/mol. The summed E-state index contributed by atoms with van der Waals surface area (Å²) in [6.07, 6.45) is 0.889. The number of aryl methyl sites for hydroxylation is 2. The van der Waals surface area contributed by atoms with Crippen LogP contribution in [0.2, 0.25) is 0 Å². The van der Waals surface area contributed by atoms with E-state index in [-0.39, 0.29) is 6.04 Å². The number of nitrogens with zero attached hydrogens (tertiary/aromatic N) is 2. The Morgan fingerprint density at radius 3 is 2.86 bits per heavy atom. The van der Waals surface area contributed by atoms with Crippen molar-refractivity contribution in [1.82, 2.24) is 15.1 Å². The van der Waals surface area contributed by atoms with E-state index in [1.165, 1.54) is 10.6 Å². The normalized spacial score (nSPS) is 12.6. The summed E-state index contributed by atoms with van der Waals surface area (Å²) < 4.78 is 8.67. The molecule has 1 atom stereocenters. The lowest BCUT2D eigenvalue weighted by Gasteiger charge is -2.19. The fourth-order valence-corrected chi connectivity index (χ4v) is 3.88. The lowest BCUT2D eigenvalue weighted by Crippen LogP contribution is -2.24. The number of aromatic nitrogens is 2. The Morgan fingerprint density at radius 1 is 1.48 bits per heavy atom. The van der Waals surface area contributed by atoms with Gasteiger partial charge in [0.2, 0.25) is 0 Å². The molecule has 0 amide bonds. The third-order valence-corrected chi connectivity index (χ3v) is 5.54. The molecule has 4 nitrogen and oxygen atoms in total. The molecule has 21 heavy (non-hydrogen) atoms. The molecule has 0 aliphatic rings. The number of halogens is 1. The van der Waals surface area contributed by atoms with E-state index in [1.54, 1.807) is 18.4 Å². The summed E-state index contributed by atoms with van der Waals surface area (Å²) in [5, 5.41) is 10.2. The summed E-state index contributed by atoms with van der Waals surface area (Å²) in [6, 6.07) is 2.27.